The second kappa shape index (κ2) is 37.6. The Morgan fingerprint density at radius 2 is 0.620 bits per heavy atom. The van der Waals surface area contributed by atoms with Crippen molar-refractivity contribution in [3.63, 3.8) is 0 Å². The maximum Gasteiger partial charge on any atom is 0.124 e. The Balaban J connectivity index is 1.62. The van der Waals surface area contributed by atoms with E-state index in [0.29, 0.717) is 76.9 Å². The van der Waals surface area contributed by atoms with Gasteiger partial charge in [-0.05, 0) is 79.3 Å². The van der Waals surface area contributed by atoms with Crippen molar-refractivity contribution >= 4 is 0 Å². The summed E-state index contributed by atoms with van der Waals surface area (Å²) in [7, 11) is 0. The number of pyridine rings is 4. The minimum atomic E-state index is 0.505. The first kappa shape index (κ1) is 57.4. The largest absolute Gasteiger partial charge is 0.493 e. The molecule has 7 heteroatoms. The molecule has 0 aromatic carbocycles. The average Bonchev–Trinajstić information content (AvgIpc) is 3.39. The van der Waals surface area contributed by atoms with Crippen molar-refractivity contribution in [2.75, 3.05) is 19.8 Å². The van der Waals surface area contributed by atoms with Gasteiger partial charge in [-0.15, -0.1) is 6.42 Å². The Bertz CT molecular complexity index is 2440. The van der Waals surface area contributed by atoms with Crippen LogP contribution in [0, 0.1) is 59.7 Å². The Morgan fingerprint density at radius 3 is 0.972 bits per heavy atom. The average molecular weight is 955 g/mol. The highest BCUT2D eigenvalue weighted by Crippen LogP contribution is 2.20. The van der Waals surface area contributed by atoms with Gasteiger partial charge in [0.05, 0.1) is 19.8 Å². The molecule has 0 fully saturated rings. The van der Waals surface area contributed by atoms with Gasteiger partial charge in [0.15, 0.2) is 0 Å². The van der Waals surface area contributed by atoms with E-state index in [1.807, 2.05) is 48.5 Å². The van der Waals surface area contributed by atoms with Crippen LogP contribution < -0.4 is 14.2 Å². The summed E-state index contributed by atoms with van der Waals surface area (Å²) in [6.07, 6.45) is 37.9. The molecule has 0 bridgehead atoms. The summed E-state index contributed by atoms with van der Waals surface area (Å²) in [6, 6.07) is 16.8. The molecular weight excluding hydrogens is 873 g/mol. The van der Waals surface area contributed by atoms with Gasteiger partial charge in [0, 0.05) is 42.8 Å². The van der Waals surface area contributed by atoms with E-state index in [9.17, 15) is 0 Å². The van der Waals surface area contributed by atoms with Gasteiger partial charge in [0.2, 0.25) is 0 Å². The number of unbranched alkanes of at least 4 members (excludes halogenated alkanes) is 23. The van der Waals surface area contributed by atoms with E-state index in [0.717, 1.165) is 57.1 Å². The van der Waals surface area contributed by atoms with Gasteiger partial charge < -0.3 is 14.2 Å². The number of ether oxygens (including phenoxy) is 3. The highest BCUT2D eigenvalue weighted by Gasteiger charge is 2.07. The molecule has 376 valence electrons. The van der Waals surface area contributed by atoms with Crippen LogP contribution in [-0.2, 0) is 0 Å². The maximum atomic E-state index is 6.34. The van der Waals surface area contributed by atoms with Crippen LogP contribution in [0.1, 0.15) is 247 Å². The zero-order chi connectivity index (χ0) is 50.2. The highest BCUT2D eigenvalue weighted by atomic mass is 16.5. The number of terminal acetylenes is 1. The van der Waals surface area contributed by atoms with Gasteiger partial charge in [-0.1, -0.05) is 187 Å². The van der Waals surface area contributed by atoms with Crippen molar-refractivity contribution in [3.8, 4) is 77.0 Å². The van der Waals surface area contributed by atoms with Gasteiger partial charge in [-0.25, -0.2) is 19.9 Å². The summed E-state index contributed by atoms with van der Waals surface area (Å²) in [5, 5.41) is 0. The lowest BCUT2D eigenvalue weighted by Crippen LogP contribution is -2.01. The predicted molar refractivity (Wildman–Crippen MR) is 294 cm³/mol. The number of rotatable bonds is 32. The van der Waals surface area contributed by atoms with Crippen molar-refractivity contribution in [1.82, 2.24) is 19.9 Å². The third-order valence-corrected chi connectivity index (χ3v) is 11.9. The van der Waals surface area contributed by atoms with Crippen LogP contribution in [-0.4, -0.2) is 39.8 Å². The zero-order valence-corrected chi connectivity index (χ0v) is 44.0. The van der Waals surface area contributed by atoms with Crippen LogP contribution in [0.4, 0.5) is 0 Å². The minimum absolute atomic E-state index is 0.505. The first-order chi connectivity index (χ1) is 35.0. The normalized spacial score (nSPS) is 10.4. The third-order valence-electron chi connectivity index (χ3n) is 11.9. The van der Waals surface area contributed by atoms with E-state index in [2.05, 4.69) is 86.0 Å². The Morgan fingerprint density at radius 1 is 0.338 bits per heavy atom. The van der Waals surface area contributed by atoms with Crippen LogP contribution in [0.5, 0.6) is 17.2 Å². The van der Waals surface area contributed by atoms with Gasteiger partial charge in [-0.3, -0.25) is 0 Å². The van der Waals surface area contributed by atoms with Gasteiger partial charge >= 0.3 is 0 Å². The Kier molecular flexibility index (Phi) is 30.4. The Hall–Kier alpha value is -6.20. The van der Waals surface area contributed by atoms with Crippen molar-refractivity contribution in [1.29, 1.82) is 0 Å². The number of aromatic nitrogens is 4. The molecule has 71 heavy (non-hydrogen) atoms. The molecule has 0 aliphatic heterocycles. The van der Waals surface area contributed by atoms with Crippen LogP contribution in [0.25, 0.3) is 0 Å². The summed E-state index contributed by atoms with van der Waals surface area (Å²) in [4.78, 5) is 19.0. The lowest BCUT2D eigenvalue weighted by atomic mass is 10.1. The summed E-state index contributed by atoms with van der Waals surface area (Å²) < 4.78 is 18.9. The highest BCUT2D eigenvalue weighted by molar-refractivity contribution is 5.49. The molecule has 0 saturated carbocycles. The summed E-state index contributed by atoms with van der Waals surface area (Å²) >= 11 is 0. The standard InChI is InChI=1S/C64H82N4O3/c1-6-11-15-19-23-24-25-26-27-31-36-56-48-62(69-45-32-28-20-16-12-7-2)50-58(66-56)41-42-60-52-64(71-47-34-30-22-18-14-9-4)53-61(68-60)44-43-59-51-63(70-46-33-29-21-17-13-8-3)49-57(67-59)40-39-55-38-35-37-54(10-5)65-55/h5,35,37-38,48-53H,6-9,11-30,32-34,45-47H2,1-4H3. The van der Waals surface area contributed by atoms with Crippen molar-refractivity contribution < 1.29 is 14.2 Å². The fraction of sp³-hybridized carbons (Fsp3) is 0.531. The van der Waals surface area contributed by atoms with Crippen molar-refractivity contribution in [2.24, 2.45) is 0 Å². The van der Waals surface area contributed by atoms with Crippen LogP contribution in [0.2, 0.25) is 0 Å². The first-order valence-electron chi connectivity index (χ1n) is 27.4. The monoisotopic (exact) mass is 955 g/mol. The number of hydrogen-bond donors (Lipinski definition) is 0. The maximum absolute atomic E-state index is 6.34. The molecule has 0 spiro atoms. The number of nitrogens with zero attached hydrogens (tertiary/aromatic N) is 4. The summed E-state index contributed by atoms with van der Waals surface area (Å²) in [6.45, 7) is 10.8. The molecule has 7 nitrogen and oxygen atoms in total. The fourth-order valence-electron chi connectivity index (χ4n) is 7.84. The molecule has 0 amide bonds. The molecule has 0 atom stereocenters. The molecule has 0 unspecified atom stereocenters. The molecule has 0 aliphatic carbocycles. The van der Waals surface area contributed by atoms with Crippen LogP contribution in [0.15, 0.2) is 54.6 Å². The lowest BCUT2D eigenvalue weighted by Gasteiger charge is -2.08. The third kappa shape index (κ3) is 26.6. The second-order valence-electron chi connectivity index (χ2n) is 18.4. The molecule has 4 aromatic rings. The van der Waals surface area contributed by atoms with Crippen LogP contribution >= 0.6 is 0 Å². The smallest absolute Gasteiger partial charge is 0.124 e. The topological polar surface area (TPSA) is 79.2 Å². The Labute approximate surface area is 430 Å². The molecule has 4 heterocycles. The minimum Gasteiger partial charge on any atom is -0.493 e. The molecule has 0 saturated heterocycles. The van der Waals surface area contributed by atoms with E-state index in [4.69, 9.17) is 35.6 Å². The van der Waals surface area contributed by atoms with E-state index in [1.54, 1.807) is 6.07 Å². The summed E-state index contributed by atoms with van der Waals surface area (Å²) in [5.74, 6) is 30.6. The fourth-order valence-corrected chi connectivity index (χ4v) is 7.84. The molecule has 0 N–H and O–H groups in total. The first-order valence-corrected chi connectivity index (χ1v) is 27.4. The van der Waals surface area contributed by atoms with Crippen molar-refractivity contribution in [3.05, 3.63) is 100 Å². The van der Waals surface area contributed by atoms with Crippen molar-refractivity contribution in [2.45, 2.75) is 201 Å². The van der Waals surface area contributed by atoms with Gasteiger partial charge in [0.1, 0.15) is 62.8 Å². The molecule has 4 rings (SSSR count). The zero-order valence-electron chi connectivity index (χ0n) is 44.0. The van der Waals surface area contributed by atoms with E-state index >= 15 is 0 Å². The molecular formula is C64H82N4O3. The predicted octanol–water partition coefficient (Wildman–Crippen LogP) is 15.5. The summed E-state index contributed by atoms with van der Waals surface area (Å²) in [5.41, 5.74) is 4.38. The molecule has 4 aromatic heterocycles. The lowest BCUT2D eigenvalue weighted by molar-refractivity contribution is 0.303. The van der Waals surface area contributed by atoms with E-state index in [1.165, 1.54) is 122 Å². The number of hydrogen-bond acceptors (Lipinski definition) is 7. The van der Waals surface area contributed by atoms with Gasteiger partial charge in [0.25, 0.3) is 0 Å². The van der Waals surface area contributed by atoms with E-state index in [-0.39, 0.29) is 0 Å². The van der Waals surface area contributed by atoms with Gasteiger partial charge in [-0.2, -0.15) is 0 Å². The quantitative estimate of drug-likeness (QED) is 0.0356. The van der Waals surface area contributed by atoms with Crippen LogP contribution in [0.3, 0.4) is 0 Å². The SMILES string of the molecule is C#Cc1cccc(C#Cc2cc(OCCCCCCCC)cc(C#Cc3cc(OCCCCCCCC)cc(C#Cc4cc(OCCCCCCCC)cc(C#CCCCCCCCCCC)n4)n3)n2)n1. The van der Waals surface area contributed by atoms with E-state index < -0.39 is 0 Å². The molecule has 0 aliphatic rings. The second-order valence-corrected chi connectivity index (χ2v) is 18.4. The molecule has 0 radical (unpaired) electrons.